The van der Waals surface area contributed by atoms with Gasteiger partial charge in [-0.05, 0) is 43.7 Å². The van der Waals surface area contributed by atoms with Crippen LogP contribution in [0.3, 0.4) is 0 Å². The molecule has 4 rings (SSSR count). The molecule has 1 atom stereocenters. The Morgan fingerprint density at radius 1 is 1.37 bits per heavy atom. The summed E-state index contributed by atoms with van der Waals surface area (Å²) < 4.78 is 5.55. The van der Waals surface area contributed by atoms with Gasteiger partial charge in [-0.25, -0.2) is 9.97 Å². The molecule has 2 aromatic rings. The van der Waals surface area contributed by atoms with E-state index in [0.717, 1.165) is 56.1 Å². The lowest BCUT2D eigenvalue weighted by atomic mass is 9.98. The number of aromatic nitrogens is 3. The van der Waals surface area contributed by atoms with Gasteiger partial charge in [0.1, 0.15) is 12.1 Å². The zero-order valence-corrected chi connectivity index (χ0v) is 15.4. The molecule has 2 aliphatic rings. The molecule has 0 unspecified atom stereocenters. The van der Waals surface area contributed by atoms with Crippen molar-refractivity contribution in [3.63, 3.8) is 0 Å². The van der Waals surface area contributed by atoms with Gasteiger partial charge in [0.15, 0.2) is 0 Å². The Morgan fingerprint density at radius 3 is 3.15 bits per heavy atom. The van der Waals surface area contributed by atoms with Crippen LogP contribution in [-0.2, 0) is 17.7 Å². The normalized spacial score (nSPS) is 19.4. The summed E-state index contributed by atoms with van der Waals surface area (Å²) in [4.78, 5) is 27.4. The SMILES string of the molecule is O=C(c1cccnc1)N1CCc2c(ncnc2NCC[C@H]2CCCOC2)C1. The van der Waals surface area contributed by atoms with Crippen LogP contribution in [0.15, 0.2) is 30.9 Å². The maximum Gasteiger partial charge on any atom is 0.255 e. The molecule has 0 aliphatic carbocycles. The van der Waals surface area contributed by atoms with Crippen LogP contribution in [0.4, 0.5) is 5.82 Å². The van der Waals surface area contributed by atoms with E-state index in [1.807, 2.05) is 4.90 Å². The lowest BCUT2D eigenvalue weighted by Crippen LogP contribution is -2.37. The minimum Gasteiger partial charge on any atom is -0.381 e. The molecule has 2 aliphatic heterocycles. The number of pyridine rings is 1. The standard InChI is InChI=1S/C20H25N5O2/c26-20(16-4-1-7-21-11-16)25-9-6-17-18(12-25)23-14-24-19(17)22-8-5-15-3-2-10-27-13-15/h1,4,7,11,14-15H,2-3,5-6,8-10,12-13H2,(H,22,23,24)/t15-/m1/s1. The highest BCUT2D eigenvalue weighted by Crippen LogP contribution is 2.24. The van der Waals surface area contributed by atoms with Crippen molar-refractivity contribution in [3.05, 3.63) is 47.7 Å². The summed E-state index contributed by atoms with van der Waals surface area (Å²) in [7, 11) is 0. The number of rotatable bonds is 5. The third-order valence-electron chi connectivity index (χ3n) is 5.30. The van der Waals surface area contributed by atoms with E-state index in [2.05, 4.69) is 20.3 Å². The molecule has 0 radical (unpaired) electrons. The number of hydrogen-bond acceptors (Lipinski definition) is 6. The third kappa shape index (κ3) is 4.24. The average Bonchev–Trinajstić information content (AvgIpc) is 2.74. The van der Waals surface area contributed by atoms with Crippen molar-refractivity contribution in [1.29, 1.82) is 0 Å². The molecular formula is C20H25N5O2. The van der Waals surface area contributed by atoms with Gasteiger partial charge in [0.25, 0.3) is 5.91 Å². The zero-order chi connectivity index (χ0) is 18.5. The average molecular weight is 367 g/mol. The van der Waals surface area contributed by atoms with Crippen molar-refractivity contribution in [2.24, 2.45) is 5.92 Å². The first-order valence-corrected chi connectivity index (χ1v) is 9.65. The predicted octanol–water partition coefficient (Wildman–Crippen LogP) is 2.30. The summed E-state index contributed by atoms with van der Waals surface area (Å²) in [5.74, 6) is 1.54. The Kier molecular flexibility index (Phi) is 5.58. The van der Waals surface area contributed by atoms with Crippen LogP contribution in [0.5, 0.6) is 0 Å². The fraction of sp³-hybridized carbons (Fsp3) is 0.500. The summed E-state index contributed by atoms with van der Waals surface area (Å²) in [5, 5.41) is 3.48. The summed E-state index contributed by atoms with van der Waals surface area (Å²) >= 11 is 0. The number of nitrogens with zero attached hydrogens (tertiary/aromatic N) is 4. The van der Waals surface area contributed by atoms with Crippen molar-refractivity contribution >= 4 is 11.7 Å². The maximum absolute atomic E-state index is 12.7. The highest BCUT2D eigenvalue weighted by molar-refractivity contribution is 5.94. The van der Waals surface area contributed by atoms with Gasteiger partial charge in [-0.15, -0.1) is 0 Å². The molecule has 2 aromatic heterocycles. The summed E-state index contributed by atoms with van der Waals surface area (Å²) in [6, 6.07) is 3.58. The quantitative estimate of drug-likeness (QED) is 0.873. The molecule has 0 saturated carbocycles. The van der Waals surface area contributed by atoms with E-state index in [-0.39, 0.29) is 5.91 Å². The number of hydrogen-bond donors (Lipinski definition) is 1. The molecule has 1 fully saturated rings. The molecule has 142 valence electrons. The van der Waals surface area contributed by atoms with Gasteiger partial charge in [0.2, 0.25) is 0 Å². The highest BCUT2D eigenvalue weighted by atomic mass is 16.5. The van der Waals surface area contributed by atoms with E-state index in [9.17, 15) is 4.79 Å². The first-order valence-electron chi connectivity index (χ1n) is 9.65. The molecule has 4 heterocycles. The van der Waals surface area contributed by atoms with Crippen molar-refractivity contribution < 1.29 is 9.53 Å². The third-order valence-corrected chi connectivity index (χ3v) is 5.30. The van der Waals surface area contributed by atoms with Crippen LogP contribution < -0.4 is 5.32 Å². The first kappa shape index (κ1) is 17.9. The molecule has 1 amide bonds. The second kappa shape index (κ2) is 8.43. The monoisotopic (exact) mass is 367 g/mol. The molecule has 1 N–H and O–H groups in total. The maximum atomic E-state index is 12.7. The fourth-order valence-corrected chi connectivity index (χ4v) is 3.78. The van der Waals surface area contributed by atoms with E-state index in [1.54, 1.807) is 30.9 Å². The Hall–Kier alpha value is -2.54. The highest BCUT2D eigenvalue weighted by Gasteiger charge is 2.25. The second-order valence-electron chi connectivity index (χ2n) is 7.16. The fourth-order valence-electron chi connectivity index (χ4n) is 3.78. The Bertz CT molecular complexity index is 777. The minimum atomic E-state index is -0.000769. The lowest BCUT2D eigenvalue weighted by molar-refractivity contribution is 0.0530. The number of carbonyl (C=O) groups is 1. The van der Waals surface area contributed by atoms with Crippen LogP contribution in [0.2, 0.25) is 0 Å². The molecule has 1 saturated heterocycles. The van der Waals surface area contributed by atoms with Gasteiger partial charge in [0.05, 0.1) is 17.8 Å². The molecule has 0 bridgehead atoms. The molecule has 0 spiro atoms. The van der Waals surface area contributed by atoms with Crippen molar-refractivity contribution in [2.45, 2.75) is 32.2 Å². The molecule has 7 nitrogen and oxygen atoms in total. The van der Waals surface area contributed by atoms with Gasteiger partial charge in [-0.1, -0.05) is 0 Å². The molecule has 27 heavy (non-hydrogen) atoms. The van der Waals surface area contributed by atoms with E-state index >= 15 is 0 Å². The number of ether oxygens (including phenoxy) is 1. The van der Waals surface area contributed by atoms with E-state index in [4.69, 9.17) is 4.74 Å². The van der Waals surface area contributed by atoms with Gasteiger partial charge >= 0.3 is 0 Å². The van der Waals surface area contributed by atoms with E-state index in [0.29, 0.717) is 24.6 Å². The molecular weight excluding hydrogens is 342 g/mol. The predicted molar refractivity (Wildman–Crippen MR) is 101 cm³/mol. The van der Waals surface area contributed by atoms with Gasteiger partial charge in [-0.2, -0.15) is 0 Å². The number of carbonyl (C=O) groups excluding carboxylic acids is 1. The van der Waals surface area contributed by atoms with Crippen molar-refractivity contribution in [2.75, 3.05) is 31.6 Å². The Balaban J connectivity index is 1.38. The smallest absolute Gasteiger partial charge is 0.255 e. The summed E-state index contributed by atoms with van der Waals surface area (Å²) in [5.41, 5.74) is 2.67. The largest absolute Gasteiger partial charge is 0.381 e. The van der Waals surface area contributed by atoms with Crippen molar-refractivity contribution in [3.8, 4) is 0 Å². The Labute approximate surface area is 159 Å². The van der Waals surface area contributed by atoms with Gasteiger partial charge in [0, 0.05) is 44.3 Å². The first-order chi connectivity index (χ1) is 13.3. The Morgan fingerprint density at radius 2 is 2.33 bits per heavy atom. The number of fused-ring (bicyclic) bond motifs is 1. The van der Waals surface area contributed by atoms with Crippen LogP contribution >= 0.6 is 0 Å². The van der Waals surface area contributed by atoms with E-state index < -0.39 is 0 Å². The second-order valence-corrected chi connectivity index (χ2v) is 7.16. The number of amides is 1. The number of anilines is 1. The van der Waals surface area contributed by atoms with Crippen LogP contribution in [0, 0.1) is 5.92 Å². The molecule has 0 aromatic carbocycles. The zero-order valence-electron chi connectivity index (χ0n) is 15.4. The van der Waals surface area contributed by atoms with Crippen LogP contribution in [-0.4, -0.2) is 52.1 Å². The lowest BCUT2D eigenvalue weighted by Gasteiger charge is -2.29. The summed E-state index contributed by atoms with van der Waals surface area (Å²) in [6.07, 6.45) is 9.13. The van der Waals surface area contributed by atoms with Crippen molar-refractivity contribution in [1.82, 2.24) is 19.9 Å². The van der Waals surface area contributed by atoms with Gasteiger partial charge in [-0.3, -0.25) is 9.78 Å². The molecule has 7 heteroatoms. The topological polar surface area (TPSA) is 80.2 Å². The number of nitrogens with one attached hydrogen (secondary N) is 1. The van der Waals surface area contributed by atoms with E-state index in [1.165, 1.54) is 6.42 Å². The van der Waals surface area contributed by atoms with Gasteiger partial charge < -0.3 is 15.0 Å². The minimum absolute atomic E-state index is 0.000769. The van der Waals surface area contributed by atoms with Crippen LogP contribution in [0.25, 0.3) is 0 Å². The van der Waals surface area contributed by atoms with Crippen LogP contribution in [0.1, 0.15) is 40.9 Å². The summed E-state index contributed by atoms with van der Waals surface area (Å²) in [6.45, 7) is 3.83.